The first kappa shape index (κ1) is 26.9. The number of nitrogens with zero attached hydrogens (tertiary/aromatic N) is 3. The van der Waals surface area contributed by atoms with E-state index in [1.807, 2.05) is 70.2 Å². The number of rotatable bonds is 10. The van der Waals surface area contributed by atoms with Gasteiger partial charge in [-0.1, -0.05) is 54.6 Å². The number of hydrogen-bond donors (Lipinski definition) is 1. The summed E-state index contributed by atoms with van der Waals surface area (Å²) in [6.07, 6.45) is 0.711. The maximum atomic E-state index is 13.2. The highest BCUT2D eigenvalue weighted by Crippen LogP contribution is 2.40. The second-order valence-corrected chi connectivity index (χ2v) is 10.2. The molecule has 1 N–H and O–H groups in total. The fourth-order valence-corrected chi connectivity index (χ4v) is 5.12. The molecule has 0 spiro atoms. The van der Waals surface area contributed by atoms with E-state index in [0.717, 1.165) is 17.5 Å². The molecule has 0 fully saturated rings. The van der Waals surface area contributed by atoms with Gasteiger partial charge in [-0.25, -0.2) is 9.48 Å². The molecule has 1 atom stereocenters. The lowest BCUT2D eigenvalue weighted by Crippen LogP contribution is -2.29. The topological polar surface area (TPSA) is 87.5 Å². The van der Waals surface area contributed by atoms with Crippen LogP contribution in [0, 0.1) is 0 Å². The molecule has 0 bridgehead atoms. The van der Waals surface area contributed by atoms with Gasteiger partial charge in [0, 0.05) is 16.5 Å². The van der Waals surface area contributed by atoms with E-state index >= 15 is 0 Å². The van der Waals surface area contributed by atoms with E-state index in [-0.39, 0.29) is 6.10 Å². The van der Waals surface area contributed by atoms with Gasteiger partial charge in [0.15, 0.2) is 11.5 Å². The molecule has 0 aliphatic carbocycles. The third-order valence-electron chi connectivity index (χ3n) is 5.67. The number of hydrogen-bond acceptors (Lipinski definition) is 8. The molecule has 1 aliphatic rings. The van der Waals surface area contributed by atoms with Crippen molar-refractivity contribution in [1.82, 2.24) is 14.8 Å². The van der Waals surface area contributed by atoms with E-state index in [0.29, 0.717) is 51.3 Å². The minimum absolute atomic E-state index is 0.0139. The highest BCUT2D eigenvalue weighted by molar-refractivity contribution is 7.98. The second-order valence-electron chi connectivity index (χ2n) is 8.82. The third-order valence-corrected chi connectivity index (χ3v) is 6.93. The fourth-order valence-electron chi connectivity index (χ4n) is 4.00. The molecule has 0 saturated carbocycles. The number of benzene rings is 2. The van der Waals surface area contributed by atoms with Crippen molar-refractivity contribution in [1.29, 1.82) is 0 Å². The number of methoxy groups -OCH3 is 1. The van der Waals surface area contributed by atoms with E-state index < -0.39 is 12.0 Å². The predicted molar refractivity (Wildman–Crippen MR) is 146 cm³/mol. The van der Waals surface area contributed by atoms with E-state index in [4.69, 9.17) is 35.9 Å². The molecule has 196 valence electrons. The largest absolute Gasteiger partial charge is 0.493 e. The van der Waals surface area contributed by atoms with Gasteiger partial charge in [-0.2, -0.15) is 4.98 Å². The number of halogens is 1. The van der Waals surface area contributed by atoms with Crippen LogP contribution in [0.2, 0.25) is 5.02 Å². The maximum Gasteiger partial charge on any atom is 0.338 e. The number of aromatic nitrogens is 3. The molecular weight excluding hydrogens is 512 g/mol. The van der Waals surface area contributed by atoms with Gasteiger partial charge in [-0.3, -0.25) is 0 Å². The Morgan fingerprint density at radius 2 is 2.00 bits per heavy atom. The Labute approximate surface area is 226 Å². The van der Waals surface area contributed by atoms with Crippen LogP contribution in [0.4, 0.5) is 5.95 Å². The number of thioether (sulfide) groups is 1. The Kier molecular flexibility index (Phi) is 8.66. The second kappa shape index (κ2) is 11.9. The van der Waals surface area contributed by atoms with Crippen molar-refractivity contribution in [3.63, 3.8) is 0 Å². The minimum atomic E-state index is -0.565. The number of allylic oxidation sites excluding steroid dienone is 1. The zero-order chi connectivity index (χ0) is 26.5. The molecule has 37 heavy (non-hydrogen) atoms. The normalized spacial score (nSPS) is 14.8. The van der Waals surface area contributed by atoms with Gasteiger partial charge < -0.3 is 19.5 Å². The lowest BCUT2D eigenvalue weighted by molar-refractivity contribution is -0.139. The molecule has 0 saturated heterocycles. The zero-order valence-electron chi connectivity index (χ0n) is 21.6. The zero-order valence-corrected chi connectivity index (χ0v) is 23.2. The molecule has 4 rings (SSSR count). The quantitative estimate of drug-likeness (QED) is 0.237. The van der Waals surface area contributed by atoms with Crippen LogP contribution in [-0.4, -0.2) is 40.6 Å². The average Bonchev–Trinajstić information content (AvgIpc) is 3.28. The first-order chi connectivity index (χ1) is 17.8. The Balaban J connectivity index is 1.73. The Hall–Kier alpha value is -3.17. The highest BCUT2D eigenvalue weighted by Gasteiger charge is 2.35. The van der Waals surface area contributed by atoms with Gasteiger partial charge in [0.05, 0.1) is 25.4 Å². The maximum absolute atomic E-state index is 13.2. The summed E-state index contributed by atoms with van der Waals surface area (Å²) in [6.45, 7) is 8.05. The number of carbonyl (C=O) groups is 1. The monoisotopic (exact) mass is 542 g/mol. The van der Waals surface area contributed by atoms with Crippen molar-refractivity contribution >= 4 is 35.3 Å². The summed E-state index contributed by atoms with van der Waals surface area (Å²) in [4.78, 5) is 17.9. The number of fused-ring (bicyclic) bond motifs is 1. The van der Waals surface area contributed by atoms with Gasteiger partial charge in [-0.05, 0) is 56.5 Å². The van der Waals surface area contributed by atoms with Gasteiger partial charge in [0.2, 0.25) is 11.1 Å². The van der Waals surface area contributed by atoms with Crippen LogP contribution >= 0.6 is 23.4 Å². The van der Waals surface area contributed by atoms with Crippen LogP contribution in [0.5, 0.6) is 11.5 Å². The summed E-state index contributed by atoms with van der Waals surface area (Å²) >= 11 is 7.80. The number of nitrogens with one attached hydrogen (secondary N) is 1. The molecule has 1 unspecified atom stereocenters. The minimum Gasteiger partial charge on any atom is -0.493 e. The van der Waals surface area contributed by atoms with E-state index in [2.05, 4.69) is 5.32 Å². The van der Waals surface area contributed by atoms with Crippen molar-refractivity contribution in [2.24, 2.45) is 0 Å². The van der Waals surface area contributed by atoms with Crippen molar-refractivity contribution in [2.75, 3.05) is 19.0 Å². The van der Waals surface area contributed by atoms with Gasteiger partial charge >= 0.3 is 5.97 Å². The van der Waals surface area contributed by atoms with Crippen LogP contribution in [-0.2, 0) is 15.3 Å². The standard InChI is InChI=1S/C27H31ClN4O4S/c1-6-13-35-25(33)23-17(4)29-26-30-27(37-15-19-9-7-8-10-20(19)28)31-32(26)24(23)18-11-12-21(36-16(2)3)22(14-18)34-5/h7-12,14,16,24H,6,13,15H2,1-5H3,(H,29,30,31). The smallest absolute Gasteiger partial charge is 0.338 e. The van der Waals surface area contributed by atoms with Crippen LogP contribution in [0.25, 0.3) is 0 Å². The summed E-state index contributed by atoms with van der Waals surface area (Å²) in [5.41, 5.74) is 2.92. The van der Waals surface area contributed by atoms with Crippen molar-refractivity contribution in [3.05, 3.63) is 69.9 Å². The van der Waals surface area contributed by atoms with Crippen LogP contribution < -0.4 is 14.8 Å². The summed E-state index contributed by atoms with van der Waals surface area (Å²) in [5, 5.41) is 9.28. The first-order valence-corrected chi connectivity index (χ1v) is 13.5. The molecule has 0 amide bonds. The van der Waals surface area contributed by atoms with Gasteiger partial charge in [0.25, 0.3) is 0 Å². The highest BCUT2D eigenvalue weighted by atomic mass is 35.5. The number of carbonyl (C=O) groups excluding carboxylic acids is 1. The molecule has 2 heterocycles. The van der Waals surface area contributed by atoms with Crippen LogP contribution in [0.1, 0.15) is 51.3 Å². The molecule has 1 aromatic heterocycles. The third kappa shape index (κ3) is 6.05. The number of ether oxygens (including phenoxy) is 3. The molecule has 1 aliphatic heterocycles. The summed E-state index contributed by atoms with van der Waals surface area (Å²) in [5.74, 6) is 1.95. The Bertz CT molecular complexity index is 1310. The number of anilines is 1. The molecule has 8 nitrogen and oxygen atoms in total. The van der Waals surface area contributed by atoms with E-state index in [9.17, 15) is 4.79 Å². The van der Waals surface area contributed by atoms with E-state index in [1.54, 1.807) is 11.8 Å². The molecule has 2 aromatic carbocycles. The van der Waals surface area contributed by atoms with E-state index in [1.165, 1.54) is 11.8 Å². The first-order valence-electron chi connectivity index (χ1n) is 12.1. The lowest BCUT2D eigenvalue weighted by Gasteiger charge is -2.28. The number of esters is 1. The van der Waals surface area contributed by atoms with Gasteiger partial charge in [0.1, 0.15) is 6.04 Å². The summed E-state index contributed by atoms with van der Waals surface area (Å²) in [6, 6.07) is 12.8. The van der Waals surface area contributed by atoms with Gasteiger partial charge in [-0.15, -0.1) is 5.10 Å². The predicted octanol–water partition coefficient (Wildman–Crippen LogP) is 6.26. The van der Waals surface area contributed by atoms with Crippen LogP contribution in [0.3, 0.4) is 0 Å². The molecule has 3 aromatic rings. The van der Waals surface area contributed by atoms with Crippen LogP contribution in [0.15, 0.2) is 58.9 Å². The summed E-state index contributed by atoms with van der Waals surface area (Å²) < 4.78 is 18.8. The molecule has 0 radical (unpaired) electrons. The Morgan fingerprint density at radius 3 is 2.70 bits per heavy atom. The fraction of sp³-hybridized carbons (Fsp3) is 0.370. The SMILES string of the molecule is CCCOC(=O)C1=C(C)Nc2nc(SCc3ccccc3Cl)nn2C1c1ccc(OC(C)C)c(OC)c1. The van der Waals surface area contributed by atoms with Crippen molar-refractivity contribution in [2.45, 2.75) is 57.2 Å². The summed E-state index contributed by atoms with van der Waals surface area (Å²) in [7, 11) is 1.59. The molecular formula is C27H31ClN4O4S. The lowest BCUT2D eigenvalue weighted by atomic mass is 9.95. The Morgan fingerprint density at radius 1 is 1.22 bits per heavy atom. The van der Waals surface area contributed by atoms with Crippen molar-refractivity contribution in [3.8, 4) is 11.5 Å². The molecule has 10 heteroatoms. The van der Waals surface area contributed by atoms with Crippen molar-refractivity contribution < 1.29 is 19.0 Å². The average molecular weight is 543 g/mol.